The Morgan fingerprint density at radius 2 is 1.86 bits per heavy atom. The normalized spacial score (nSPS) is 11.5. The smallest absolute Gasteiger partial charge is 0.230 e. The maximum absolute atomic E-state index is 12.3. The Labute approximate surface area is 127 Å². The molecular formula is C17H27NO3. The lowest BCUT2D eigenvalue weighted by molar-refractivity contribution is -0.125. The van der Waals surface area contributed by atoms with Gasteiger partial charge >= 0.3 is 0 Å². The standard InChI is InChI=1S/C17H27NO3/c1-13(2)21-12-6-11-18-16(19)17(3,4)14-7-9-15(20-5)10-8-14/h7-10,13H,6,11-12H2,1-5H3,(H,18,19). The van der Waals surface area contributed by atoms with Crippen LogP contribution in [0.25, 0.3) is 0 Å². The Morgan fingerprint density at radius 1 is 1.24 bits per heavy atom. The minimum atomic E-state index is -0.564. The summed E-state index contributed by atoms with van der Waals surface area (Å²) in [4.78, 5) is 12.3. The van der Waals surface area contributed by atoms with Crippen LogP contribution < -0.4 is 10.1 Å². The van der Waals surface area contributed by atoms with Gasteiger partial charge in [0.2, 0.25) is 5.91 Å². The highest BCUT2D eigenvalue weighted by molar-refractivity contribution is 5.87. The fraction of sp³-hybridized carbons (Fsp3) is 0.588. The Kier molecular flexibility index (Phi) is 6.69. The predicted octanol–water partition coefficient (Wildman–Crippen LogP) is 2.90. The number of amides is 1. The lowest BCUT2D eigenvalue weighted by Crippen LogP contribution is -2.40. The van der Waals surface area contributed by atoms with Gasteiger partial charge in [-0.15, -0.1) is 0 Å². The van der Waals surface area contributed by atoms with E-state index in [0.29, 0.717) is 13.2 Å². The maximum Gasteiger partial charge on any atom is 0.230 e. The van der Waals surface area contributed by atoms with Crippen molar-refractivity contribution in [3.05, 3.63) is 29.8 Å². The summed E-state index contributed by atoms with van der Waals surface area (Å²) in [5, 5.41) is 2.97. The molecule has 0 spiro atoms. The first-order chi connectivity index (χ1) is 9.87. The van der Waals surface area contributed by atoms with Crippen molar-refractivity contribution in [2.24, 2.45) is 0 Å². The monoisotopic (exact) mass is 293 g/mol. The number of ether oxygens (including phenoxy) is 2. The zero-order valence-electron chi connectivity index (χ0n) is 13.7. The van der Waals surface area contributed by atoms with Crippen molar-refractivity contribution in [2.75, 3.05) is 20.3 Å². The van der Waals surface area contributed by atoms with Crippen LogP contribution in [0.1, 0.15) is 39.7 Å². The molecule has 0 heterocycles. The fourth-order valence-corrected chi connectivity index (χ4v) is 1.95. The van der Waals surface area contributed by atoms with Crippen LogP contribution in [0.15, 0.2) is 24.3 Å². The third-order valence-corrected chi connectivity index (χ3v) is 3.44. The molecule has 1 aromatic carbocycles. The van der Waals surface area contributed by atoms with Crippen LogP contribution in [0.2, 0.25) is 0 Å². The molecule has 0 saturated heterocycles. The molecule has 0 bridgehead atoms. The Morgan fingerprint density at radius 3 is 2.38 bits per heavy atom. The molecule has 21 heavy (non-hydrogen) atoms. The second kappa shape index (κ2) is 8.03. The summed E-state index contributed by atoms with van der Waals surface area (Å²) in [5.74, 6) is 0.818. The van der Waals surface area contributed by atoms with Gasteiger partial charge in [0.15, 0.2) is 0 Å². The van der Waals surface area contributed by atoms with Crippen LogP contribution in [0.3, 0.4) is 0 Å². The molecule has 0 radical (unpaired) electrons. The molecule has 0 aromatic heterocycles. The van der Waals surface area contributed by atoms with Crippen molar-refractivity contribution in [2.45, 2.75) is 45.6 Å². The molecule has 0 aliphatic rings. The zero-order chi connectivity index (χ0) is 15.9. The number of benzene rings is 1. The summed E-state index contributed by atoms with van der Waals surface area (Å²) in [5.41, 5.74) is 0.407. The molecule has 1 amide bonds. The van der Waals surface area contributed by atoms with Gasteiger partial charge in [-0.1, -0.05) is 12.1 Å². The van der Waals surface area contributed by atoms with Gasteiger partial charge in [0.05, 0.1) is 18.6 Å². The number of hydrogen-bond donors (Lipinski definition) is 1. The molecule has 4 heteroatoms. The molecule has 0 atom stereocenters. The number of carbonyl (C=O) groups excluding carboxylic acids is 1. The third-order valence-electron chi connectivity index (χ3n) is 3.44. The molecule has 0 saturated carbocycles. The largest absolute Gasteiger partial charge is 0.497 e. The Balaban J connectivity index is 2.50. The van der Waals surface area contributed by atoms with Gasteiger partial charge in [-0.05, 0) is 51.8 Å². The van der Waals surface area contributed by atoms with E-state index in [1.165, 1.54) is 0 Å². The SMILES string of the molecule is COc1ccc(C(C)(C)C(=O)NCCCOC(C)C)cc1. The summed E-state index contributed by atoms with van der Waals surface area (Å²) in [6.45, 7) is 9.16. The summed E-state index contributed by atoms with van der Waals surface area (Å²) in [6, 6.07) is 7.61. The van der Waals surface area contributed by atoms with E-state index in [0.717, 1.165) is 17.7 Å². The average Bonchev–Trinajstić information content (AvgIpc) is 2.46. The second-order valence-corrected chi connectivity index (χ2v) is 5.88. The number of nitrogens with one attached hydrogen (secondary N) is 1. The van der Waals surface area contributed by atoms with Crippen LogP contribution in [-0.4, -0.2) is 32.3 Å². The van der Waals surface area contributed by atoms with Gasteiger partial charge < -0.3 is 14.8 Å². The molecule has 1 rings (SSSR count). The summed E-state index contributed by atoms with van der Waals surface area (Å²) < 4.78 is 10.6. The number of hydrogen-bond acceptors (Lipinski definition) is 3. The number of methoxy groups -OCH3 is 1. The maximum atomic E-state index is 12.3. The predicted molar refractivity (Wildman–Crippen MR) is 84.7 cm³/mol. The molecule has 1 aromatic rings. The molecule has 118 valence electrons. The lowest BCUT2D eigenvalue weighted by atomic mass is 9.83. The van der Waals surface area contributed by atoms with E-state index in [9.17, 15) is 4.79 Å². The summed E-state index contributed by atoms with van der Waals surface area (Å²) >= 11 is 0. The summed E-state index contributed by atoms with van der Waals surface area (Å²) in [7, 11) is 1.63. The molecular weight excluding hydrogens is 266 g/mol. The Bertz CT molecular complexity index is 438. The Hall–Kier alpha value is -1.55. The number of rotatable bonds is 8. The second-order valence-electron chi connectivity index (χ2n) is 5.88. The molecule has 0 fully saturated rings. The lowest BCUT2D eigenvalue weighted by Gasteiger charge is -2.24. The van der Waals surface area contributed by atoms with Crippen molar-refractivity contribution in [3.8, 4) is 5.75 Å². The average molecular weight is 293 g/mol. The molecule has 0 aliphatic heterocycles. The highest BCUT2D eigenvalue weighted by Crippen LogP contribution is 2.25. The highest BCUT2D eigenvalue weighted by atomic mass is 16.5. The van der Waals surface area contributed by atoms with Crippen molar-refractivity contribution in [3.63, 3.8) is 0 Å². The quantitative estimate of drug-likeness (QED) is 0.750. The van der Waals surface area contributed by atoms with E-state index in [-0.39, 0.29) is 12.0 Å². The first kappa shape index (κ1) is 17.5. The van der Waals surface area contributed by atoms with Crippen molar-refractivity contribution >= 4 is 5.91 Å². The molecule has 0 unspecified atom stereocenters. The van der Waals surface area contributed by atoms with Gasteiger partial charge in [-0.3, -0.25) is 4.79 Å². The van der Waals surface area contributed by atoms with Crippen LogP contribution in [0.5, 0.6) is 5.75 Å². The van der Waals surface area contributed by atoms with E-state index in [4.69, 9.17) is 9.47 Å². The van der Waals surface area contributed by atoms with Gasteiger partial charge in [0.25, 0.3) is 0 Å². The highest BCUT2D eigenvalue weighted by Gasteiger charge is 2.29. The minimum Gasteiger partial charge on any atom is -0.497 e. The number of carbonyl (C=O) groups is 1. The van der Waals surface area contributed by atoms with Crippen molar-refractivity contribution in [1.82, 2.24) is 5.32 Å². The molecule has 4 nitrogen and oxygen atoms in total. The van der Waals surface area contributed by atoms with Crippen LogP contribution in [0, 0.1) is 0 Å². The van der Waals surface area contributed by atoms with E-state index < -0.39 is 5.41 Å². The zero-order valence-corrected chi connectivity index (χ0v) is 13.7. The first-order valence-electron chi connectivity index (χ1n) is 7.42. The summed E-state index contributed by atoms with van der Waals surface area (Å²) in [6.07, 6.45) is 1.05. The van der Waals surface area contributed by atoms with Gasteiger partial charge in [0, 0.05) is 13.2 Å². The van der Waals surface area contributed by atoms with Crippen molar-refractivity contribution in [1.29, 1.82) is 0 Å². The topological polar surface area (TPSA) is 47.6 Å². The third kappa shape index (κ3) is 5.38. The molecule has 0 aliphatic carbocycles. The first-order valence-corrected chi connectivity index (χ1v) is 7.42. The van der Waals surface area contributed by atoms with Gasteiger partial charge in [0.1, 0.15) is 5.75 Å². The van der Waals surface area contributed by atoms with Crippen LogP contribution in [0.4, 0.5) is 0 Å². The van der Waals surface area contributed by atoms with Gasteiger partial charge in [-0.2, -0.15) is 0 Å². The fourth-order valence-electron chi connectivity index (χ4n) is 1.95. The molecule has 1 N–H and O–H groups in total. The minimum absolute atomic E-state index is 0.0252. The van der Waals surface area contributed by atoms with E-state index in [1.54, 1.807) is 7.11 Å². The van der Waals surface area contributed by atoms with Crippen LogP contribution in [-0.2, 0) is 14.9 Å². The van der Waals surface area contributed by atoms with E-state index >= 15 is 0 Å². The van der Waals surface area contributed by atoms with E-state index in [1.807, 2.05) is 52.0 Å². The van der Waals surface area contributed by atoms with Crippen LogP contribution >= 0.6 is 0 Å². The van der Waals surface area contributed by atoms with Gasteiger partial charge in [-0.25, -0.2) is 0 Å². The van der Waals surface area contributed by atoms with E-state index in [2.05, 4.69) is 5.32 Å². The van der Waals surface area contributed by atoms with Crippen molar-refractivity contribution < 1.29 is 14.3 Å².